The fourth-order valence-corrected chi connectivity index (χ4v) is 1.99. The zero-order valence-corrected chi connectivity index (χ0v) is 10.5. The molecule has 1 radical (unpaired) electrons. The average molecular weight is 203 g/mol. The van der Waals surface area contributed by atoms with Gasteiger partial charge in [-0.2, -0.15) is 0 Å². The summed E-state index contributed by atoms with van der Waals surface area (Å²) in [4.78, 5) is 0. The topological polar surface area (TPSA) is 18.5 Å². The molecular formula is C10H23O2Si. The Labute approximate surface area is 84.9 Å². The number of hydrogen-bond donors (Lipinski definition) is 0. The molecule has 0 saturated heterocycles. The first-order valence-electron chi connectivity index (χ1n) is 5.29. The lowest BCUT2D eigenvalue weighted by molar-refractivity contribution is 0.126. The van der Waals surface area contributed by atoms with Crippen LogP contribution in [0.15, 0.2) is 0 Å². The van der Waals surface area contributed by atoms with Crippen LogP contribution in [-0.2, 0) is 9.16 Å². The number of rotatable bonds is 9. The molecule has 0 aromatic carbocycles. The molecule has 0 aliphatic heterocycles. The predicted molar refractivity (Wildman–Crippen MR) is 59.6 cm³/mol. The Bertz CT molecular complexity index is 98.9. The summed E-state index contributed by atoms with van der Waals surface area (Å²) in [6.45, 7) is 10.7. The van der Waals surface area contributed by atoms with Crippen LogP contribution in [-0.4, -0.2) is 29.6 Å². The second kappa shape index (κ2) is 10.2. The maximum Gasteiger partial charge on any atom is 0.166 e. The summed E-state index contributed by atoms with van der Waals surface area (Å²) in [6, 6.07) is 0. The van der Waals surface area contributed by atoms with Gasteiger partial charge in [-0.25, -0.2) is 0 Å². The Morgan fingerprint density at radius 2 is 2.15 bits per heavy atom. The van der Waals surface area contributed by atoms with Gasteiger partial charge < -0.3 is 9.16 Å². The van der Waals surface area contributed by atoms with Gasteiger partial charge >= 0.3 is 0 Å². The van der Waals surface area contributed by atoms with Gasteiger partial charge in [-0.3, -0.25) is 0 Å². The normalized spacial score (nSPS) is 14.1. The van der Waals surface area contributed by atoms with Gasteiger partial charge in [0.15, 0.2) is 9.76 Å². The van der Waals surface area contributed by atoms with E-state index in [0.717, 1.165) is 26.2 Å². The molecule has 1 atom stereocenters. The number of hydrogen-bond acceptors (Lipinski definition) is 2. The fourth-order valence-electron chi connectivity index (χ4n) is 0.996. The Balaban J connectivity index is 3.25. The summed E-state index contributed by atoms with van der Waals surface area (Å²) in [7, 11) is -0.397. The van der Waals surface area contributed by atoms with E-state index in [1.807, 2.05) is 6.92 Å². The van der Waals surface area contributed by atoms with Crippen molar-refractivity contribution >= 4 is 9.76 Å². The van der Waals surface area contributed by atoms with Gasteiger partial charge in [0.2, 0.25) is 0 Å². The molecule has 0 rings (SSSR count). The fraction of sp³-hybridized carbons (Fsp3) is 0.900. The van der Waals surface area contributed by atoms with Crippen LogP contribution in [0.4, 0.5) is 0 Å². The minimum Gasteiger partial charge on any atom is -0.424 e. The molecule has 2 nitrogen and oxygen atoms in total. The molecule has 0 heterocycles. The summed E-state index contributed by atoms with van der Waals surface area (Å²) in [5.41, 5.74) is 0.608. The smallest absolute Gasteiger partial charge is 0.166 e. The van der Waals surface area contributed by atoms with Crippen LogP contribution in [0.25, 0.3) is 0 Å². The molecule has 79 valence electrons. The van der Waals surface area contributed by atoms with E-state index in [1.54, 1.807) is 0 Å². The summed E-state index contributed by atoms with van der Waals surface area (Å²) in [5.74, 6) is 0. The summed E-state index contributed by atoms with van der Waals surface area (Å²) < 4.78 is 11.0. The second-order valence-corrected chi connectivity index (χ2v) is 5.14. The summed E-state index contributed by atoms with van der Waals surface area (Å²) in [5, 5.41) is 0. The van der Waals surface area contributed by atoms with Crippen LogP contribution in [0.5, 0.6) is 0 Å². The number of ether oxygens (including phenoxy) is 1. The molecule has 0 aromatic heterocycles. The molecule has 0 spiro atoms. The van der Waals surface area contributed by atoms with E-state index < -0.39 is 9.76 Å². The van der Waals surface area contributed by atoms with Crippen molar-refractivity contribution in [2.75, 3.05) is 19.8 Å². The highest BCUT2D eigenvalue weighted by Gasteiger charge is 2.06. The first kappa shape index (κ1) is 13.1. The van der Waals surface area contributed by atoms with Crippen molar-refractivity contribution in [2.24, 2.45) is 0 Å². The molecule has 3 heteroatoms. The van der Waals surface area contributed by atoms with Gasteiger partial charge in [-0.15, -0.1) is 0 Å². The van der Waals surface area contributed by atoms with E-state index in [1.165, 1.54) is 12.8 Å². The molecule has 13 heavy (non-hydrogen) atoms. The molecule has 0 aliphatic carbocycles. The van der Waals surface area contributed by atoms with Crippen LogP contribution in [0.3, 0.4) is 0 Å². The maximum absolute atomic E-state index is 5.54. The van der Waals surface area contributed by atoms with Crippen LogP contribution in [0.1, 0.15) is 33.1 Å². The van der Waals surface area contributed by atoms with E-state index in [-0.39, 0.29) is 0 Å². The van der Waals surface area contributed by atoms with Crippen LogP contribution in [0, 0.1) is 6.92 Å². The van der Waals surface area contributed by atoms with E-state index in [0.29, 0.717) is 5.54 Å². The lowest BCUT2D eigenvalue weighted by atomic mass is 10.3. The Morgan fingerprint density at radius 3 is 2.69 bits per heavy atom. The number of unbranched alkanes of at least 4 members (excludes halogenated alkanes) is 1. The highest BCUT2D eigenvalue weighted by Crippen LogP contribution is 2.09. The largest absolute Gasteiger partial charge is 0.424 e. The lowest BCUT2D eigenvalue weighted by Gasteiger charge is -2.13. The zero-order chi connectivity index (χ0) is 9.94. The Morgan fingerprint density at radius 1 is 1.38 bits per heavy atom. The van der Waals surface area contributed by atoms with Gasteiger partial charge in [-0.1, -0.05) is 20.3 Å². The van der Waals surface area contributed by atoms with E-state index in [4.69, 9.17) is 9.16 Å². The zero-order valence-electron chi connectivity index (χ0n) is 9.05. The van der Waals surface area contributed by atoms with E-state index in [2.05, 4.69) is 13.8 Å². The Hall–Kier alpha value is 0.137. The minimum absolute atomic E-state index is 0.397. The SMILES string of the molecule is [CH2]CC(COCCCC)[SiH2]OCC. The van der Waals surface area contributed by atoms with Crippen molar-refractivity contribution in [1.82, 2.24) is 0 Å². The standard InChI is InChI=1S/C10H23O2Si/c1-4-7-8-11-9-10(5-2)13-12-6-3/h10H,2,4-9,13H2,1,3H3. The summed E-state index contributed by atoms with van der Waals surface area (Å²) in [6.07, 6.45) is 3.33. The van der Waals surface area contributed by atoms with Gasteiger partial charge in [0, 0.05) is 19.8 Å². The minimum atomic E-state index is -0.397. The van der Waals surface area contributed by atoms with E-state index >= 15 is 0 Å². The van der Waals surface area contributed by atoms with Crippen molar-refractivity contribution in [1.29, 1.82) is 0 Å². The first-order valence-corrected chi connectivity index (χ1v) is 6.69. The van der Waals surface area contributed by atoms with Gasteiger partial charge in [-0.05, 0) is 25.3 Å². The molecular weight excluding hydrogens is 180 g/mol. The molecule has 0 N–H and O–H groups in total. The molecule has 0 aromatic rings. The quantitative estimate of drug-likeness (QED) is 0.421. The van der Waals surface area contributed by atoms with Crippen molar-refractivity contribution in [2.45, 2.75) is 38.7 Å². The van der Waals surface area contributed by atoms with Crippen molar-refractivity contribution < 1.29 is 9.16 Å². The predicted octanol–water partition coefficient (Wildman–Crippen LogP) is 1.94. The average Bonchev–Trinajstić information content (AvgIpc) is 2.17. The summed E-state index contributed by atoms with van der Waals surface area (Å²) >= 11 is 0. The van der Waals surface area contributed by atoms with Gasteiger partial charge in [0.05, 0.1) is 0 Å². The van der Waals surface area contributed by atoms with Crippen molar-refractivity contribution in [3.63, 3.8) is 0 Å². The molecule has 0 fully saturated rings. The molecule has 0 amide bonds. The molecule has 0 bridgehead atoms. The molecule has 0 aliphatic rings. The van der Waals surface area contributed by atoms with Gasteiger partial charge in [0.25, 0.3) is 0 Å². The first-order chi connectivity index (χ1) is 6.35. The maximum atomic E-state index is 5.54. The highest BCUT2D eigenvalue weighted by atomic mass is 28.2. The highest BCUT2D eigenvalue weighted by molar-refractivity contribution is 6.29. The molecule has 0 saturated carbocycles. The molecule has 1 unspecified atom stereocenters. The lowest BCUT2D eigenvalue weighted by Crippen LogP contribution is -2.14. The van der Waals surface area contributed by atoms with Gasteiger partial charge in [0.1, 0.15) is 0 Å². The third kappa shape index (κ3) is 8.47. The second-order valence-electron chi connectivity index (χ2n) is 3.24. The third-order valence-corrected chi connectivity index (χ3v) is 3.72. The van der Waals surface area contributed by atoms with Crippen LogP contribution < -0.4 is 0 Å². The Kier molecular flexibility index (Phi) is 10.3. The third-order valence-electron chi connectivity index (χ3n) is 1.96. The van der Waals surface area contributed by atoms with Crippen molar-refractivity contribution in [3.05, 3.63) is 6.92 Å². The van der Waals surface area contributed by atoms with Crippen molar-refractivity contribution in [3.8, 4) is 0 Å². The van der Waals surface area contributed by atoms with Crippen LogP contribution >= 0.6 is 0 Å². The van der Waals surface area contributed by atoms with Crippen LogP contribution in [0.2, 0.25) is 5.54 Å². The van der Waals surface area contributed by atoms with E-state index in [9.17, 15) is 0 Å². The monoisotopic (exact) mass is 203 g/mol.